The van der Waals surface area contributed by atoms with Crippen LogP contribution in [0.3, 0.4) is 0 Å². The van der Waals surface area contributed by atoms with Gasteiger partial charge in [0.05, 0.1) is 18.7 Å². The lowest BCUT2D eigenvalue weighted by atomic mass is 10.1. The molecule has 1 amide bonds. The van der Waals surface area contributed by atoms with Crippen LogP contribution in [0, 0.1) is 11.3 Å². The molecular formula is C15H12N4O2. The molecule has 2 aromatic heterocycles. The fraction of sp³-hybridized carbons (Fsp3) is 0.200. The van der Waals surface area contributed by atoms with E-state index >= 15 is 0 Å². The van der Waals surface area contributed by atoms with Crippen molar-refractivity contribution in [3.8, 4) is 11.9 Å². The average molecular weight is 280 g/mol. The molecule has 0 bridgehead atoms. The van der Waals surface area contributed by atoms with E-state index in [1.807, 2.05) is 6.07 Å². The average Bonchev–Trinajstić information content (AvgIpc) is 2.51. The molecule has 3 rings (SSSR count). The van der Waals surface area contributed by atoms with Crippen LogP contribution in [0.1, 0.15) is 15.9 Å². The second-order valence-corrected chi connectivity index (χ2v) is 4.66. The number of pyridine rings is 2. The molecule has 1 fully saturated rings. The number of likely N-dealkylation sites (tertiary alicyclic amines) is 1. The topological polar surface area (TPSA) is 79.1 Å². The van der Waals surface area contributed by atoms with Gasteiger partial charge in [-0.1, -0.05) is 0 Å². The van der Waals surface area contributed by atoms with Crippen molar-refractivity contribution in [1.29, 1.82) is 5.26 Å². The third kappa shape index (κ3) is 2.67. The van der Waals surface area contributed by atoms with Crippen molar-refractivity contribution in [3.05, 3.63) is 54.0 Å². The quantitative estimate of drug-likeness (QED) is 0.845. The molecule has 0 atom stereocenters. The van der Waals surface area contributed by atoms with Crippen molar-refractivity contribution >= 4 is 5.91 Å². The molecular weight excluding hydrogens is 268 g/mol. The Morgan fingerprint density at radius 1 is 1.33 bits per heavy atom. The van der Waals surface area contributed by atoms with Crippen molar-refractivity contribution < 1.29 is 9.53 Å². The lowest BCUT2D eigenvalue weighted by molar-refractivity contribution is 0.0158. The summed E-state index contributed by atoms with van der Waals surface area (Å²) < 4.78 is 5.65. The molecule has 6 heteroatoms. The normalized spacial score (nSPS) is 14.1. The van der Waals surface area contributed by atoms with Gasteiger partial charge in [0.15, 0.2) is 0 Å². The van der Waals surface area contributed by atoms with Crippen LogP contribution in [0.25, 0.3) is 0 Å². The predicted octanol–water partition coefficient (Wildman–Crippen LogP) is 1.25. The molecule has 1 saturated heterocycles. The number of ether oxygens (including phenoxy) is 1. The van der Waals surface area contributed by atoms with Crippen LogP contribution in [-0.2, 0) is 0 Å². The second-order valence-electron chi connectivity index (χ2n) is 4.66. The summed E-state index contributed by atoms with van der Waals surface area (Å²) in [5.74, 6) is 0.253. The van der Waals surface area contributed by atoms with Gasteiger partial charge in [0.25, 0.3) is 5.91 Å². The van der Waals surface area contributed by atoms with Gasteiger partial charge in [-0.15, -0.1) is 0 Å². The maximum absolute atomic E-state index is 12.1. The number of hydrogen-bond donors (Lipinski definition) is 0. The summed E-state index contributed by atoms with van der Waals surface area (Å²) in [5.41, 5.74) is 0.959. The van der Waals surface area contributed by atoms with E-state index in [9.17, 15) is 4.79 Å². The minimum Gasteiger partial charge on any atom is -0.470 e. The van der Waals surface area contributed by atoms with E-state index in [4.69, 9.17) is 10.00 Å². The van der Waals surface area contributed by atoms with E-state index in [-0.39, 0.29) is 12.0 Å². The first kappa shape index (κ1) is 13.1. The molecule has 104 valence electrons. The summed E-state index contributed by atoms with van der Waals surface area (Å²) in [6, 6.07) is 8.83. The predicted molar refractivity (Wildman–Crippen MR) is 73.5 cm³/mol. The van der Waals surface area contributed by atoms with Gasteiger partial charge in [-0.05, 0) is 24.3 Å². The number of nitriles is 1. The van der Waals surface area contributed by atoms with Crippen LogP contribution in [-0.4, -0.2) is 40.0 Å². The molecule has 0 aromatic carbocycles. The minimum absolute atomic E-state index is 0.0653. The van der Waals surface area contributed by atoms with E-state index in [0.29, 0.717) is 30.1 Å². The Labute approximate surface area is 121 Å². The van der Waals surface area contributed by atoms with Crippen LogP contribution in [0.4, 0.5) is 0 Å². The van der Waals surface area contributed by atoms with E-state index in [1.165, 1.54) is 0 Å². The summed E-state index contributed by atoms with van der Waals surface area (Å²) >= 11 is 0. The molecule has 21 heavy (non-hydrogen) atoms. The zero-order valence-corrected chi connectivity index (χ0v) is 11.1. The highest BCUT2D eigenvalue weighted by Gasteiger charge is 2.33. The van der Waals surface area contributed by atoms with E-state index < -0.39 is 0 Å². The molecule has 0 spiro atoms. The van der Waals surface area contributed by atoms with Crippen LogP contribution in [0.2, 0.25) is 0 Å². The first-order valence-corrected chi connectivity index (χ1v) is 6.49. The summed E-state index contributed by atoms with van der Waals surface area (Å²) in [7, 11) is 0. The molecule has 1 aliphatic heterocycles. The fourth-order valence-corrected chi connectivity index (χ4v) is 2.08. The molecule has 0 aliphatic carbocycles. The van der Waals surface area contributed by atoms with Crippen molar-refractivity contribution in [2.75, 3.05) is 13.1 Å². The van der Waals surface area contributed by atoms with E-state index in [2.05, 4.69) is 9.97 Å². The number of carbonyl (C=O) groups is 1. The number of amides is 1. The Morgan fingerprint density at radius 2 is 2.14 bits per heavy atom. The molecule has 6 nitrogen and oxygen atoms in total. The van der Waals surface area contributed by atoms with E-state index in [1.54, 1.807) is 47.8 Å². The molecule has 3 heterocycles. The Bertz CT molecular complexity index is 690. The maximum Gasteiger partial charge on any atom is 0.255 e. The maximum atomic E-state index is 12.1. The van der Waals surface area contributed by atoms with Crippen molar-refractivity contribution in [2.45, 2.75) is 6.10 Å². The van der Waals surface area contributed by atoms with Crippen LogP contribution >= 0.6 is 0 Å². The molecule has 0 unspecified atom stereocenters. The lowest BCUT2D eigenvalue weighted by Gasteiger charge is -2.38. The Hall–Kier alpha value is -2.94. The van der Waals surface area contributed by atoms with Crippen molar-refractivity contribution in [3.63, 3.8) is 0 Å². The second kappa shape index (κ2) is 5.59. The van der Waals surface area contributed by atoms with Crippen LogP contribution in [0.5, 0.6) is 5.88 Å². The summed E-state index contributed by atoms with van der Waals surface area (Å²) in [5, 5.41) is 8.97. The van der Waals surface area contributed by atoms with Gasteiger partial charge in [0, 0.05) is 18.6 Å². The van der Waals surface area contributed by atoms with Gasteiger partial charge in [0.1, 0.15) is 17.7 Å². The Kier molecular flexibility index (Phi) is 3.48. The SMILES string of the molecule is N#Cc1cccnc1OC1CN(C(=O)c2cccnc2)C1. The standard InChI is InChI=1S/C15H12N4O2/c16-7-11-3-2-6-18-14(11)21-13-9-19(10-13)15(20)12-4-1-5-17-8-12/h1-6,8,13H,9-10H2. The number of hydrogen-bond acceptors (Lipinski definition) is 5. The largest absolute Gasteiger partial charge is 0.470 e. The van der Waals surface area contributed by atoms with Gasteiger partial charge in [-0.2, -0.15) is 5.26 Å². The summed E-state index contributed by atoms with van der Waals surface area (Å²) in [6.45, 7) is 0.963. The van der Waals surface area contributed by atoms with Crippen LogP contribution in [0.15, 0.2) is 42.9 Å². The number of nitrogens with zero attached hydrogens (tertiary/aromatic N) is 4. The molecule has 0 saturated carbocycles. The Morgan fingerprint density at radius 3 is 2.86 bits per heavy atom. The fourth-order valence-electron chi connectivity index (χ4n) is 2.08. The number of aromatic nitrogens is 2. The zero-order valence-electron chi connectivity index (χ0n) is 11.1. The highest BCUT2D eigenvalue weighted by Crippen LogP contribution is 2.20. The Balaban J connectivity index is 1.59. The van der Waals surface area contributed by atoms with E-state index in [0.717, 1.165) is 0 Å². The minimum atomic E-state index is -0.132. The molecule has 0 N–H and O–H groups in total. The van der Waals surface area contributed by atoms with Crippen LogP contribution < -0.4 is 4.74 Å². The zero-order chi connectivity index (χ0) is 14.7. The van der Waals surface area contributed by atoms with Gasteiger partial charge in [-0.25, -0.2) is 4.98 Å². The third-order valence-corrected chi connectivity index (χ3v) is 3.21. The van der Waals surface area contributed by atoms with Gasteiger partial charge in [0.2, 0.25) is 5.88 Å². The van der Waals surface area contributed by atoms with Gasteiger partial charge in [-0.3, -0.25) is 9.78 Å². The first-order valence-electron chi connectivity index (χ1n) is 6.49. The van der Waals surface area contributed by atoms with Gasteiger partial charge >= 0.3 is 0 Å². The smallest absolute Gasteiger partial charge is 0.255 e. The molecule has 1 aliphatic rings. The molecule has 2 aromatic rings. The molecule has 0 radical (unpaired) electrons. The monoisotopic (exact) mass is 280 g/mol. The van der Waals surface area contributed by atoms with Gasteiger partial charge < -0.3 is 9.64 Å². The summed E-state index contributed by atoms with van der Waals surface area (Å²) in [6.07, 6.45) is 4.62. The lowest BCUT2D eigenvalue weighted by Crippen LogP contribution is -2.56. The number of carbonyl (C=O) groups excluding carboxylic acids is 1. The van der Waals surface area contributed by atoms with Crippen molar-refractivity contribution in [2.24, 2.45) is 0 Å². The highest BCUT2D eigenvalue weighted by molar-refractivity contribution is 5.94. The number of rotatable bonds is 3. The first-order chi connectivity index (χ1) is 10.3. The highest BCUT2D eigenvalue weighted by atomic mass is 16.5. The summed E-state index contributed by atoms with van der Waals surface area (Å²) in [4.78, 5) is 21.8. The van der Waals surface area contributed by atoms with Crippen molar-refractivity contribution in [1.82, 2.24) is 14.9 Å². The third-order valence-electron chi connectivity index (χ3n) is 3.21.